The largest absolute Gasteiger partial charge is 0.378 e. The van der Waals surface area contributed by atoms with Gasteiger partial charge in [-0.25, -0.2) is 0 Å². The lowest BCUT2D eigenvalue weighted by molar-refractivity contribution is -0.123. The van der Waals surface area contributed by atoms with Crippen molar-refractivity contribution in [2.45, 2.75) is 11.4 Å². The SMILES string of the molecule is O=C1S/C(=C\c2ccccc2OS(=O)(=O)c2ccc3ccccc3c2)C(=O)N1Cc1ccc(Cl)cc1. The van der Waals surface area contributed by atoms with E-state index in [0.29, 0.717) is 10.6 Å². The fraction of sp³-hybridized carbons (Fsp3) is 0.0370. The van der Waals surface area contributed by atoms with Crippen LogP contribution >= 0.6 is 23.4 Å². The minimum absolute atomic E-state index is 0.0132. The molecule has 1 aliphatic rings. The van der Waals surface area contributed by atoms with Crippen LogP contribution in [0.25, 0.3) is 16.8 Å². The Balaban J connectivity index is 1.41. The highest BCUT2D eigenvalue weighted by Gasteiger charge is 2.35. The van der Waals surface area contributed by atoms with Crippen molar-refractivity contribution in [2.75, 3.05) is 0 Å². The summed E-state index contributed by atoms with van der Waals surface area (Å²) in [5, 5.41) is 1.82. The Morgan fingerprint density at radius 3 is 2.33 bits per heavy atom. The summed E-state index contributed by atoms with van der Waals surface area (Å²) in [4.78, 5) is 26.8. The lowest BCUT2D eigenvalue weighted by atomic mass is 10.1. The van der Waals surface area contributed by atoms with Crippen LogP contribution in [-0.4, -0.2) is 24.5 Å². The summed E-state index contributed by atoms with van der Waals surface area (Å²) < 4.78 is 31.6. The molecule has 0 N–H and O–H groups in total. The van der Waals surface area contributed by atoms with Crippen molar-refractivity contribution in [3.63, 3.8) is 0 Å². The second-order valence-electron chi connectivity index (χ2n) is 7.98. The zero-order valence-corrected chi connectivity index (χ0v) is 21.0. The maximum absolute atomic E-state index is 13.0. The van der Waals surface area contributed by atoms with Gasteiger partial charge in [-0.15, -0.1) is 0 Å². The Bertz CT molecular complexity index is 1630. The van der Waals surface area contributed by atoms with Gasteiger partial charge in [0.2, 0.25) is 0 Å². The van der Waals surface area contributed by atoms with Crippen LogP contribution in [0, 0.1) is 0 Å². The van der Waals surface area contributed by atoms with E-state index in [2.05, 4.69) is 0 Å². The lowest BCUT2D eigenvalue weighted by Crippen LogP contribution is -2.27. The first-order chi connectivity index (χ1) is 17.3. The quantitative estimate of drug-likeness (QED) is 0.207. The molecule has 1 fully saturated rings. The molecule has 1 aliphatic heterocycles. The number of imide groups is 1. The summed E-state index contributed by atoms with van der Waals surface area (Å²) in [5.41, 5.74) is 1.12. The van der Waals surface area contributed by atoms with Crippen molar-refractivity contribution >= 4 is 61.5 Å². The minimum atomic E-state index is -4.15. The molecule has 0 radical (unpaired) electrons. The highest BCUT2D eigenvalue weighted by atomic mass is 35.5. The molecule has 0 bridgehead atoms. The number of fused-ring (bicyclic) bond motifs is 1. The topological polar surface area (TPSA) is 80.8 Å². The summed E-state index contributed by atoms with van der Waals surface area (Å²) in [5.74, 6) is -0.415. The number of rotatable bonds is 6. The molecular weight excluding hydrogens is 518 g/mol. The molecule has 1 heterocycles. The van der Waals surface area contributed by atoms with Crippen molar-refractivity contribution < 1.29 is 22.2 Å². The third-order valence-electron chi connectivity index (χ3n) is 5.54. The maximum atomic E-state index is 13.0. The molecular formula is C27H18ClNO5S2. The zero-order chi connectivity index (χ0) is 25.3. The maximum Gasteiger partial charge on any atom is 0.339 e. The van der Waals surface area contributed by atoms with E-state index in [0.717, 1.165) is 33.0 Å². The van der Waals surface area contributed by atoms with Gasteiger partial charge in [-0.3, -0.25) is 14.5 Å². The number of carbonyl (C=O) groups excluding carboxylic acids is 2. The predicted molar refractivity (Wildman–Crippen MR) is 141 cm³/mol. The molecule has 0 aromatic heterocycles. The van der Waals surface area contributed by atoms with Crippen LogP contribution in [0.5, 0.6) is 5.75 Å². The van der Waals surface area contributed by atoms with Gasteiger partial charge in [0.1, 0.15) is 10.6 Å². The number of nitrogens with zero attached hydrogens (tertiary/aromatic N) is 1. The first kappa shape index (κ1) is 24.1. The van der Waals surface area contributed by atoms with E-state index in [1.54, 1.807) is 54.6 Å². The van der Waals surface area contributed by atoms with E-state index in [1.165, 1.54) is 18.2 Å². The molecule has 0 unspecified atom stereocenters. The predicted octanol–water partition coefficient (Wildman–Crippen LogP) is 6.50. The van der Waals surface area contributed by atoms with E-state index in [9.17, 15) is 18.0 Å². The van der Waals surface area contributed by atoms with Gasteiger partial charge in [-0.05, 0) is 64.5 Å². The van der Waals surface area contributed by atoms with Crippen molar-refractivity contribution in [1.29, 1.82) is 0 Å². The molecule has 2 amide bonds. The van der Waals surface area contributed by atoms with Crippen LogP contribution in [0.3, 0.4) is 0 Å². The highest BCUT2D eigenvalue weighted by molar-refractivity contribution is 8.18. The zero-order valence-electron chi connectivity index (χ0n) is 18.6. The Hall–Kier alpha value is -3.59. The third kappa shape index (κ3) is 5.02. The van der Waals surface area contributed by atoms with Gasteiger partial charge < -0.3 is 4.18 Å². The highest BCUT2D eigenvalue weighted by Crippen LogP contribution is 2.35. The average Bonchev–Trinajstić information content (AvgIpc) is 3.13. The molecule has 0 saturated carbocycles. The van der Waals surface area contributed by atoms with Gasteiger partial charge in [-0.2, -0.15) is 8.42 Å². The Labute approximate surface area is 217 Å². The lowest BCUT2D eigenvalue weighted by Gasteiger charge is -2.12. The monoisotopic (exact) mass is 535 g/mol. The van der Waals surface area contributed by atoms with Crippen molar-refractivity contribution in [1.82, 2.24) is 4.90 Å². The van der Waals surface area contributed by atoms with Crippen LogP contribution in [0.2, 0.25) is 5.02 Å². The van der Waals surface area contributed by atoms with E-state index < -0.39 is 21.3 Å². The summed E-state index contributed by atoms with van der Waals surface area (Å²) in [6.07, 6.45) is 1.47. The van der Waals surface area contributed by atoms with Gasteiger partial charge in [0.05, 0.1) is 11.4 Å². The van der Waals surface area contributed by atoms with Crippen molar-refractivity contribution in [3.05, 3.63) is 112 Å². The molecule has 5 rings (SSSR count). The van der Waals surface area contributed by atoms with E-state index in [-0.39, 0.29) is 22.1 Å². The summed E-state index contributed by atoms with van der Waals surface area (Å²) in [7, 11) is -4.15. The Kier molecular flexibility index (Phi) is 6.57. The standard InChI is InChI=1S/C27H18ClNO5S2/c28-22-12-9-18(10-13-22)17-29-26(30)25(35-27(29)31)16-21-7-3-4-8-24(21)34-36(32,33)23-14-11-19-5-1-2-6-20(19)15-23/h1-16H,17H2/b25-16-. The first-order valence-electron chi connectivity index (χ1n) is 10.8. The summed E-state index contributed by atoms with van der Waals surface area (Å²) in [6.45, 7) is 0.105. The molecule has 0 atom stereocenters. The second kappa shape index (κ2) is 9.81. The number of hydrogen-bond acceptors (Lipinski definition) is 6. The van der Waals surface area contributed by atoms with Gasteiger partial charge in [0, 0.05) is 10.6 Å². The number of halogens is 1. The molecule has 9 heteroatoms. The number of para-hydroxylation sites is 1. The summed E-state index contributed by atoms with van der Waals surface area (Å²) in [6, 6.07) is 25.5. The fourth-order valence-electron chi connectivity index (χ4n) is 3.71. The summed E-state index contributed by atoms with van der Waals surface area (Å²) >= 11 is 6.70. The van der Waals surface area contributed by atoms with Crippen LogP contribution in [0.4, 0.5) is 4.79 Å². The fourth-order valence-corrected chi connectivity index (χ4v) is 5.66. The minimum Gasteiger partial charge on any atom is -0.378 e. The van der Waals surface area contributed by atoms with Crippen LogP contribution in [-0.2, 0) is 21.5 Å². The number of carbonyl (C=O) groups is 2. The molecule has 0 aliphatic carbocycles. The normalized spacial score (nSPS) is 15.1. The van der Waals surface area contributed by atoms with Gasteiger partial charge in [0.15, 0.2) is 0 Å². The van der Waals surface area contributed by atoms with Gasteiger partial charge >= 0.3 is 10.1 Å². The van der Waals surface area contributed by atoms with Gasteiger partial charge in [0.25, 0.3) is 11.1 Å². The van der Waals surface area contributed by atoms with Crippen molar-refractivity contribution in [2.24, 2.45) is 0 Å². The Morgan fingerprint density at radius 2 is 1.56 bits per heavy atom. The van der Waals surface area contributed by atoms with Gasteiger partial charge in [-0.1, -0.05) is 72.3 Å². The Morgan fingerprint density at radius 1 is 0.861 bits per heavy atom. The molecule has 180 valence electrons. The molecule has 4 aromatic rings. The third-order valence-corrected chi connectivity index (χ3v) is 7.93. The van der Waals surface area contributed by atoms with E-state index >= 15 is 0 Å². The number of benzene rings is 4. The molecule has 6 nitrogen and oxygen atoms in total. The smallest absolute Gasteiger partial charge is 0.339 e. The van der Waals surface area contributed by atoms with E-state index in [1.807, 2.05) is 24.3 Å². The second-order valence-corrected chi connectivity index (χ2v) is 11.0. The van der Waals surface area contributed by atoms with E-state index in [4.69, 9.17) is 15.8 Å². The molecule has 4 aromatic carbocycles. The van der Waals surface area contributed by atoms with Crippen LogP contribution < -0.4 is 4.18 Å². The number of hydrogen-bond donors (Lipinski definition) is 0. The first-order valence-corrected chi connectivity index (χ1v) is 13.4. The average molecular weight is 536 g/mol. The number of amides is 2. The van der Waals surface area contributed by atoms with Crippen molar-refractivity contribution in [3.8, 4) is 5.75 Å². The molecule has 1 saturated heterocycles. The molecule has 0 spiro atoms. The van der Waals surface area contributed by atoms with Crippen LogP contribution in [0.1, 0.15) is 11.1 Å². The molecule has 36 heavy (non-hydrogen) atoms. The number of thioether (sulfide) groups is 1. The van der Waals surface area contributed by atoms with Crippen LogP contribution in [0.15, 0.2) is 101 Å².